The number of esters is 3. The molecule has 3 radical (unpaired) electrons. The Morgan fingerprint density at radius 3 is 0.886 bits per heavy atom. The van der Waals surface area contributed by atoms with Crippen molar-refractivity contribution in [3.05, 3.63) is 0 Å². The van der Waals surface area contributed by atoms with Gasteiger partial charge >= 0.3 is 64.6 Å². The molecule has 0 aliphatic heterocycles. The number of unbranched alkanes of at least 4 members (excludes halogenated alkanes) is 4. The van der Waals surface area contributed by atoms with Gasteiger partial charge in [-0.15, -0.1) is 0 Å². The number of ether oxygens (including phenoxy) is 3. The standard InChI is InChI=1S/3C10H20O2S.C4H9.Sn/c3*1-3-5-6-9(4-2)7-12-10(11)8-13;1-3-4-2;/h3*9,13H,3-8H2,1-2H3;1,3-4H2,2H3;. The van der Waals surface area contributed by atoms with Crippen LogP contribution < -0.4 is 0 Å². The van der Waals surface area contributed by atoms with E-state index in [0.717, 1.165) is 38.5 Å². The second-order valence-corrected chi connectivity index (χ2v) is 13.3. The number of rotatable bonds is 23. The summed E-state index contributed by atoms with van der Waals surface area (Å²) in [6.07, 6.45) is 16.8. The molecule has 0 aliphatic rings. The Labute approximate surface area is 302 Å². The van der Waals surface area contributed by atoms with Gasteiger partial charge in [0.15, 0.2) is 0 Å². The van der Waals surface area contributed by atoms with E-state index in [4.69, 9.17) is 14.2 Å². The number of carbonyl (C=O) groups is 3. The molecule has 0 N–H and O–H groups in total. The van der Waals surface area contributed by atoms with Gasteiger partial charge in [-0.05, 0) is 37.0 Å². The zero-order valence-electron chi connectivity index (χ0n) is 29.4. The number of hydrogen-bond donors (Lipinski definition) is 3. The minimum atomic E-state index is -0.210. The van der Waals surface area contributed by atoms with Gasteiger partial charge in [0.05, 0.1) is 37.1 Å². The monoisotopic (exact) mass is 789 g/mol. The van der Waals surface area contributed by atoms with Crippen LogP contribution in [0.5, 0.6) is 0 Å². The molecule has 0 heterocycles. The van der Waals surface area contributed by atoms with Crippen molar-refractivity contribution in [1.82, 2.24) is 0 Å². The molecule has 44 heavy (non-hydrogen) atoms. The van der Waals surface area contributed by atoms with E-state index in [1.807, 2.05) is 0 Å². The van der Waals surface area contributed by atoms with E-state index in [-0.39, 0.29) is 35.2 Å². The fraction of sp³-hybridized carbons (Fsp3) is 0.912. The first-order valence-corrected chi connectivity index (χ1v) is 21.0. The molecule has 0 saturated heterocycles. The zero-order valence-corrected chi connectivity index (χ0v) is 34.9. The third-order valence-corrected chi connectivity index (χ3v) is 8.77. The molecule has 0 aliphatic carbocycles. The van der Waals surface area contributed by atoms with Crippen LogP contribution in [-0.4, -0.2) is 77.5 Å². The Hall–Kier alpha value is 0.259. The van der Waals surface area contributed by atoms with Crippen LogP contribution in [0.2, 0.25) is 4.44 Å². The van der Waals surface area contributed by atoms with Gasteiger partial charge in [0.1, 0.15) is 0 Å². The molecule has 0 saturated carbocycles. The molecule has 0 aromatic rings. The van der Waals surface area contributed by atoms with Crippen LogP contribution >= 0.6 is 37.9 Å². The first-order chi connectivity index (χ1) is 21.1. The molecule has 10 heteroatoms. The maximum atomic E-state index is 10.8. The summed E-state index contributed by atoms with van der Waals surface area (Å²) in [4.78, 5) is 32.4. The summed E-state index contributed by atoms with van der Waals surface area (Å²) < 4.78 is 16.5. The van der Waals surface area contributed by atoms with Crippen molar-refractivity contribution in [3.8, 4) is 0 Å². The summed E-state index contributed by atoms with van der Waals surface area (Å²) in [6.45, 7) is 16.8. The van der Waals surface area contributed by atoms with Crippen LogP contribution in [0, 0.1) is 17.8 Å². The molecule has 3 unspecified atom stereocenters. The van der Waals surface area contributed by atoms with Crippen molar-refractivity contribution in [2.75, 3.05) is 37.1 Å². The van der Waals surface area contributed by atoms with Gasteiger partial charge in [-0.2, -0.15) is 37.9 Å². The Bertz CT molecular complexity index is 535. The molecule has 0 spiro atoms. The Morgan fingerprint density at radius 1 is 0.500 bits per heavy atom. The van der Waals surface area contributed by atoms with Crippen LogP contribution in [0.15, 0.2) is 0 Å². The summed E-state index contributed by atoms with van der Waals surface area (Å²) in [5.74, 6) is 1.52. The quantitative estimate of drug-likeness (QED) is 0.0415. The Morgan fingerprint density at radius 2 is 0.750 bits per heavy atom. The van der Waals surface area contributed by atoms with Gasteiger partial charge < -0.3 is 14.2 Å². The SMILES string of the molecule is CCCCC(CC)COC(=O)CS.CCCCC(CC)COC(=O)CS.CCCCC(CC)COC(=O)CS.CCC[CH2][Sn]. The normalized spacial score (nSPS) is 12.1. The van der Waals surface area contributed by atoms with Crippen molar-refractivity contribution in [3.63, 3.8) is 0 Å². The van der Waals surface area contributed by atoms with Crippen molar-refractivity contribution in [2.45, 2.75) is 143 Å². The number of hydrogen-bond acceptors (Lipinski definition) is 9. The number of carbonyl (C=O) groups excluding carboxylic acids is 3. The average molecular weight is 789 g/mol. The minimum absolute atomic E-state index is 0.185. The fourth-order valence-electron chi connectivity index (χ4n) is 3.64. The van der Waals surface area contributed by atoms with Gasteiger partial charge in [-0.25, -0.2) is 0 Å². The number of thiol groups is 3. The average Bonchev–Trinajstić information content (AvgIpc) is 3.05. The molecule has 0 aromatic heterocycles. The third-order valence-electron chi connectivity index (χ3n) is 6.99. The van der Waals surface area contributed by atoms with Crippen molar-refractivity contribution >= 4 is 78.3 Å². The molecule has 6 nitrogen and oxygen atoms in total. The van der Waals surface area contributed by atoms with Crippen LogP contribution in [0.3, 0.4) is 0 Å². The van der Waals surface area contributed by atoms with Crippen LogP contribution in [0.4, 0.5) is 0 Å². The third kappa shape index (κ3) is 42.3. The molecule has 0 bridgehead atoms. The van der Waals surface area contributed by atoms with E-state index in [0.29, 0.717) is 37.6 Å². The van der Waals surface area contributed by atoms with E-state index in [9.17, 15) is 14.4 Å². The fourth-order valence-corrected chi connectivity index (χ4v) is 4.92. The van der Waals surface area contributed by atoms with Crippen LogP contribution in [-0.2, 0) is 28.6 Å². The second kappa shape index (κ2) is 43.3. The predicted molar refractivity (Wildman–Crippen MR) is 200 cm³/mol. The van der Waals surface area contributed by atoms with Crippen LogP contribution in [0.1, 0.15) is 138 Å². The topological polar surface area (TPSA) is 78.9 Å². The molecule has 0 amide bonds. The van der Waals surface area contributed by atoms with E-state index in [1.54, 1.807) is 22.5 Å². The summed E-state index contributed by atoms with van der Waals surface area (Å²) in [5.41, 5.74) is 0. The first-order valence-electron chi connectivity index (χ1n) is 17.1. The van der Waals surface area contributed by atoms with E-state index < -0.39 is 0 Å². The van der Waals surface area contributed by atoms with Gasteiger partial charge in [0.25, 0.3) is 0 Å². The molecule has 0 fully saturated rings. The second-order valence-electron chi connectivity index (χ2n) is 10.9. The summed E-state index contributed by atoms with van der Waals surface area (Å²) >= 11 is 13.2. The van der Waals surface area contributed by atoms with E-state index in [1.165, 1.54) is 55.8 Å². The molecule has 263 valence electrons. The van der Waals surface area contributed by atoms with Crippen molar-refractivity contribution in [2.24, 2.45) is 17.8 Å². The summed E-state index contributed by atoms with van der Waals surface area (Å²) in [6, 6.07) is 0. The zero-order chi connectivity index (χ0) is 34.4. The van der Waals surface area contributed by atoms with E-state index >= 15 is 0 Å². The van der Waals surface area contributed by atoms with Crippen LogP contribution in [0.25, 0.3) is 0 Å². The molecular formula is C34H69O6S3Sn. The summed E-state index contributed by atoms with van der Waals surface area (Å²) in [5, 5.41) is 0. The van der Waals surface area contributed by atoms with Gasteiger partial charge in [-0.3, -0.25) is 14.4 Å². The molecule has 0 rings (SSSR count). The van der Waals surface area contributed by atoms with Crippen molar-refractivity contribution < 1.29 is 28.6 Å². The molecular weight excluding hydrogens is 719 g/mol. The Balaban J connectivity index is -0.000000253. The summed E-state index contributed by atoms with van der Waals surface area (Å²) in [7, 11) is 0. The molecule has 3 atom stereocenters. The van der Waals surface area contributed by atoms with E-state index in [2.05, 4.69) is 86.4 Å². The molecule has 0 aromatic carbocycles. The van der Waals surface area contributed by atoms with Gasteiger partial charge in [0, 0.05) is 0 Å². The van der Waals surface area contributed by atoms with Gasteiger partial charge in [0.2, 0.25) is 0 Å². The van der Waals surface area contributed by atoms with Gasteiger partial charge in [-0.1, -0.05) is 99.3 Å². The van der Waals surface area contributed by atoms with Crippen molar-refractivity contribution in [1.29, 1.82) is 0 Å². The Kier molecular flexibility index (Phi) is 50.2. The first kappa shape index (κ1) is 51.1. The predicted octanol–water partition coefficient (Wildman–Crippen LogP) is 9.40. The maximum absolute atomic E-state index is 10.8.